The Morgan fingerprint density at radius 3 is 1.31 bits per heavy atom. The molecule has 0 unspecified atom stereocenters. The predicted octanol–water partition coefficient (Wildman–Crippen LogP) is 3.07. The lowest BCUT2D eigenvalue weighted by molar-refractivity contribution is -0.318. The lowest BCUT2D eigenvalue weighted by atomic mass is 10.3. The average Bonchev–Trinajstić information content (AvgIpc) is 1.77. The summed E-state index contributed by atoms with van der Waals surface area (Å²) in [5.74, 6) is 0. The molecule has 0 atom stereocenters. The van der Waals surface area contributed by atoms with Crippen molar-refractivity contribution in [1.82, 2.24) is 0 Å². The molecule has 0 aliphatic heterocycles. The van der Waals surface area contributed by atoms with Crippen molar-refractivity contribution in [3.63, 3.8) is 0 Å². The molecule has 0 bridgehead atoms. The van der Waals surface area contributed by atoms with E-state index < -0.39 is 18.5 Å². The summed E-state index contributed by atoms with van der Waals surface area (Å²) in [7, 11) is 0. The molecule has 0 aromatic rings. The second kappa shape index (κ2) is 3.73. The molecule has 13 heavy (non-hydrogen) atoms. The molecule has 0 aliphatic carbocycles. The summed E-state index contributed by atoms with van der Waals surface area (Å²) < 4.78 is 74.0. The highest BCUT2D eigenvalue weighted by atomic mass is 19.4. The van der Waals surface area contributed by atoms with Gasteiger partial charge in [0, 0.05) is 0 Å². The van der Waals surface area contributed by atoms with Crippen LogP contribution in [0.3, 0.4) is 0 Å². The molecule has 79 valence electrons. The van der Waals surface area contributed by atoms with Gasteiger partial charge in [-0.3, -0.25) is 0 Å². The predicted molar refractivity (Wildman–Crippen MR) is 31.6 cm³/mol. The van der Waals surface area contributed by atoms with E-state index in [4.69, 9.17) is 0 Å². The number of halogens is 6. The fourth-order valence-electron chi connectivity index (χ4n) is 0.555. The molecule has 0 amide bonds. The lowest BCUT2D eigenvalue weighted by Crippen LogP contribution is -2.44. The quantitative estimate of drug-likeness (QED) is 0.635. The van der Waals surface area contributed by atoms with Gasteiger partial charge in [-0.1, -0.05) is 0 Å². The summed E-state index contributed by atoms with van der Waals surface area (Å²) in [5, 5.41) is 0. The van der Waals surface area contributed by atoms with E-state index in [1.165, 1.54) is 0 Å². The number of hydrogen-bond donors (Lipinski definition) is 0. The zero-order chi connectivity index (χ0) is 10.9. The minimum atomic E-state index is -5.44. The molecule has 0 fully saturated rings. The third-order valence-corrected chi connectivity index (χ3v) is 0.948. The first-order valence-corrected chi connectivity index (χ1v) is 3.15. The van der Waals surface area contributed by atoms with Crippen LogP contribution in [0.25, 0.3) is 0 Å². The summed E-state index contributed by atoms with van der Waals surface area (Å²) in [6.45, 7) is 2.04. The van der Waals surface area contributed by atoms with Crippen LogP contribution in [0.15, 0.2) is 0 Å². The lowest BCUT2D eigenvalue weighted by Gasteiger charge is -2.24. The molecule has 0 aromatic carbocycles. The standard InChI is InChI=1S/C6H7F6O/c1-3(2)13-4(5(7,8)9)6(10,11)12/h4H,1-2H3. The normalized spacial score (nSPS) is 14.3. The Hall–Kier alpha value is -0.460. The first kappa shape index (κ1) is 12.5. The van der Waals surface area contributed by atoms with Gasteiger partial charge in [0.2, 0.25) is 6.10 Å². The van der Waals surface area contributed by atoms with Crippen molar-refractivity contribution in [1.29, 1.82) is 0 Å². The Kier molecular flexibility index (Phi) is 3.60. The van der Waals surface area contributed by atoms with Gasteiger partial charge in [0.05, 0.1) is 6.10 Å². The van der Waals surface area contributed by atoms with E-state index in [-0.39, 0.29) is 6.10 Å². The van der Waals surface area contributed by atoms with Crippen LogP contribution in [0.5, 0.6) is 0 Å². The maximum absolute atomic E-state index is 11.7. The van der Waals surface area contributed by atoms with Crippen molar-refractivity contribution in [3.05, 3.63) is 6.10 Å². The van der Waals surface area contributed by atoms with Crippen molar-refractivity contribution < 1.29 is 31.1 Å². The van der Waals surface area contributed by atoms with Gasteiger partial charge >= 0.3 is 12.4 Å². The fourth-order valence-corrected chi connectivity index (χ4v) is 0.555. The molecule has 0 aliphatic rings. The monoisotopic (exact) mass is 209 g/mol. The van der Waals surface area contributed by atoms with Crippen LogP contribution in [-0.2, 0) is 4.74 Å². The van der Waals surface area contributed by atoms with Gasteiger partial charge in [-0.2, -0.15) is 26.3 Å². The molecule has 0 saturated carbocycles. The fraction of sp³-hybridized carbons (Fsp3) is 0.833. The van der Waals surface area contributed by atoms with E-state index in [1.54, 1.807) is 0 Å². The maximum atomic E-state index is 11.7. The van der Waals surface area contributed by atoms with Crippen LogP contribution < -0.4 is 0 Å². The Bertz CT molecular complexity index is 143. The number of ether oxygens (including phenoxy) is 1. The molecule has 1 radical (unpaired) electrons. The molecule has 0 spiro atoms. The first-order chi connectivity index (χ1) is 5.55. The summed E-state index contributed by atoms with van der Waals surface area (Å²) in [6, 6.07) is 0. The molecular weight excluding hydrogens is 202 g/mol. The minimum absolute atomic E-state index is 0.389. The van der Waals surface area contributed by atoms with Gasteiger partial charge in [0.1, 0.15) is 0 Å². The van der Waals surface area contributed by atoms with E-state index in [9.17, 15) is 26.3 Å². The highest BCUT2D eigenvalue weighted by Gasteiger charge is 2.58. The van der Waals surface area contributed by atoms with Crippen LogP contribution in [-0.4, -0.2) is 18.5 Å². The summed E-state index contributed by atoms with van der Waals surface area (Å²) in [6.07, 6.45) is -15.0. The van der Waals surface area contributed by atoms with Crippen molar-refractivity contribution in [2.45, 2.75) is 32.3 Å². The first-order valence-electron chi connectivity index (χ1n) is 3.15. The Balaban J connectivity index is 4.58. The van der Waals surface area contributed by atoms with Gasteiger partial charge in [-0.05, 0) is 13.8 Å². The average molecular weight is 209 g/mol. The molecular formula is C6H7F6O. The SMILES string of the molecule is C[C](C)OC(C(F)(F)F)C(F)(F)F. The molecule has 0 aromatic heterocycles. The molecule has 0 N–H and O–H groups in total. The van der Waals surface area contributed by atoms with Gasteiger partial charge < -0.3 is 4.74 Å². The highest BCUT2D eigenvalue weighted by molar-refractivity contribution is 4.80. The maximum Gasteiger partial charge on any atom is 0.423 e. The second-order valence-electron chi connectivity index (χ2n) is 2.49. The van der Waals surface area contributed by atoms with Gasteiger partial charge in [0.15, 0.2) is 0 Å². The van der Waals surface area contributed by atoms with Crippen LogP contribution in [0.1, 0.15) is 13.8 Å². The molecule has 7 heteroatoms. The van der Waals surface area contributed by atoms with Crippen molar-refractivity contribution >= 4 is 0 Å². The largest absolute Gasteiger partial charge is 0.423 e. The second-order valence-corrected chi connectivity index (χ2v) is 2.49. The Morgan fingerprint density at radius 1 is 0.923 bits per heavy atom. The summed E-state index contributed by atoms with van der Waals surface area (Å²) in [4.78, 5) is 0. The summed E-state index contributed by atoms with van der Waals surface area (Å²) in [5.41, 5.74) is 0. The zero-order valence-corrected chi connectivity index (χ0v) is 6.75. The van der Waals surface area contributed by atoms with Crippen molar-refractivity contribution in [2.75, 3.05) is 0 Å². The van der Waals surface area contributed by atoms with E-state index in [2.05, 4.69) is 4.74 Å². The highest BCUT2D eigenvalue weighted by Crippen LogP contribution is 2.36. The molecule has 1 nitrogen and oxygen atoms in total. The van der Waals surface area contributed by atoms with E-state index >= 15 is 0 Å². The zero-order valence-electron chi connectivity index (χ0n) is 6.75. The topological polar surface area (TPSA) is 9.23 Å². The van der Waals surface area contributed by atoms with Gasteiger partial charge in [-0.25, -0.2) is 0 Å². The number of alkyl halides is 6. The minimum Gasteiger partial charge on any atom is -0.352 e. The Morgan fingerprint density at radius 2 is 1.23 bits per heavy atom. The molecule has 0 rings (SSSR count). The van der Waals surface area contributed by atoms with E-state index in [0.717, 1.165) is 13.8 Å². The van der Waals surface area contributed by atoms with Crippen LogP contribution in [0.4, 0.5) is 26.3 Å². The van der Waals surface area contributed by atoms with Gasteiger partial charge in [0.25, 0.3) is 0 Å². The Labute approximate surface area is 70.7 Å². The smallest absolute Gasteiger partial charge is 0.352 e. The van der Waals surface area contributed by atoms with Crippen LogP contribution in [0.2, 0.25) is 0 Å². The third-order valence-electron chi connectivity index (χ3n) is 0.948. The van der Waals surface area contributed by atoms with E-state index in [1.807, 2.05) is 0 Å². The van der Waals surface area contributed by atoms with Gasteiger partial charge in [-0.15, -0.1) is 0 Å². The molecule has 0 saturated heterocycles. The van der Waals surface area contributed by atoms with Crippen LogP contribution in [0, 0.1) is 6.10 Å². The van der Waals surface area contributed by atoms with E-state index in [0.29, 0.717) is 0 Å². The third kappa shape index (κ3) is 4.35. The number of rotatable bonds is 2. The number of hydrogen-bond acceptors (Lipinski definition) is 1. The summed E-state index contributed by atoms with van der Waals surface area (Å²) >= 11 is 0. The van der Waals surface area contributed by atoms with Crippen molar-refractivity contribution in [3.8, 4) is 0 Å². The van der Waals surface area contributed by atoms with Crippen molar-refractivity contribution in [2.24, 2.45) is 0 Å². The molecule has 0 heterocycles. The van der Waals surface area contributed by atoms with Crippen LogP contribution >= 0.6 is 0 Å².